The predicted molar refractivity (Wildman–Crippen MR) is 84.5 cm³/mol. The van der Waals surface area contributed by atoms with Gasteiger partial charge in [0.05, 0.1) is 6.04 Å². The summed E-state index contributed by atoms with van der Waals surface area (Å²) >= 11 is 0. The summed E-state index contributed by atoms with van der Waals surface area (Å²) in [6, 6.07) is -1.66. The average Bonchev–Trinajstić information content (AvgIpc) is 2.35. The number of amides is 1. The van der Waals surface area contributed by atoms with E-state index in [-0.39, 0.29) is 24.8 Å². The van der Waals surface area contributed by atoms with Crippen molar-refractivity contribution in [3.8, 4) is 0 Å². The zero-order valence-electron chi connectivity index (χ0n) is 12.0. The van der Waals surface area contributed by atoms with Gasteiger partial charge in [-0.3, -0.25) is 20.5 Å². The van der Waals surface area contributed by atoms with Crippen molar-refractivity contribution in [2.75, 3.05) is 6.54 Å². The highest BCUT2D eigenvalue weighted by Gasteiger charge is 2.20. The number of halogens is 2. The number of hydroxylamine groups is 1. The average molecular weight is 347 g/mol. The van der Waals surface area contributed by atoms with Gasteiger partial charge in [0.15, 0.2) is 0 Å². The molecule has 2 atom stereocenters. The van der Waals surface area contributed by atoms with Gasteiger partial charge in [0, 0.05) is 6.54 Å². The number of hydrogen-bond donors (Lipinski definition) is 5. The van der Waals surface area contributed by atoms with E-state index >= 15 is 0 Å². The third-order valence-corrected chi connectivity index (χ3v) is 2.44. The van der Waals surface area contributed by atoms with Crippen LogP contribution in [0.5, 0.6) is 0 Å². The molecule has 0 unspecified atom stereocenters. The summed E-state index contributed by atoms with van der Waals surface area (Å²) in [5.74, 6) is -1.16. The quantitative estimate of drug-likeness (QED) is 0.186. The van der Waals surface area contributed by atoms with Crippen molar-refractivity contribution in [3.63, 3.8) is 0 Å². The lowest BCUT2D eigenvalue weighted by Crippen LogP contribution is -2.47. The van der Waals surface area contributed by atoms with Crippen molar-refractivity contribution in [1.29, 1.82) is 0 Å². The largest absolute Gasteiger partial charge is 0.480 e. The fraction of sp³-hybridized carbons (Fsp3) is 0.727. The van der Waals surface area contributed by atoms with Crippen LogP contribution in [-0.2, 0) is 9.59 Å². The molecule has 0 heterocycles. The number of aliphatic imine (C=N–C) groups is 1. The van der Waals surface area contributed by atoms with E-state index < -0.39 is 24.0 Å². The highest BCUT2D eigenvalue weighted by Crippen LogP contribution is 2.02. The van der Waals surface area contributed by atoms with Crippen LogP contribution in [-0.4, -0.2) is 46.7 Å². The Morgan fingerprint density at radius 1 is 1.29 bits per heavy atom. The Bertz CT molecular complexity index is 340. The molecule has 21 heavy (non-hydrogen) atoms. The minimum absolute atomic E-state index is 0. The molecule has 8 nitrogen and oxygen atoms in total. The van der Waals surface area contributed by atoms with Gasteiger partial charge in [-0.15, -0.1) is 24.8 Å². The maximum Gasteiger partial charge on any atom is 0.326 e. The normalized spacial score (nSPS) is 13.2. The Morgan fingerprint density at radius 3 is 2.29 bits per heavy atom. The number of carboxylic acids is 1. The number of aliphatic carboxylic acids is 1. The standard InChI is InChI=1S/C11H22N4O4.2ClH/c1-7(12)10(16)14-9(11(17)18)5-3-4-6-13-8(2)15-19;;/h7,9,19H,3-6,12H2,1-2H3,(H,13,15)(H,14,16)(H,17,18);2*1H/t7-,9-;;/m0../s1. The van der Waals surface area contributed by atoms with Crippen LogP contribution >= 0.6 is 24.8 Å². The number of nitrogens with zero attached hydrogens (tertiary/aromatic N) is 1. The summed E-state index contributed by atoms with van der Waals surface area (Å²) in [6.45, 7) is 3.59. The molecule has 0 aliphatic rings. The Hall–Kier alpha value is -1.09. The molecule has 126 valence electrons. The van der Waals surface area contributed by atoms with Crippen LogP contribution in [0.4, 0.5) is 0 Å². The van der Waals surface area contributed by atoms with Crippen LogP contribution in [0, 0.1) is 0 Å². The summed E-state index contributed by atoms with van der Waals surface area (Å²) in [7, 11) is 0. The minimum atomic E-state index is -1.08. The topological polar surface area (TPSA) is 137 Å². The molecule has 0 bridgehead atoms. The number of carbonyl (C=O) groups is 2. The van der Waals surface area contributed by atoms with E-state index in [9.17, 15) is 9.59 Å². The lowest BCUT2D eigenvalue weighted by Gasteiger charge is -2.15. The third kappa shape index (κ3) is 12.4. The van der Waals surface area contributed by atoms with E-state index in [0.717, 1.165) is 0 Å². The van der Waals surface area contributed by atoms with Crippen molar-refractivity contribution in [2.24, 2.45) is 10.7 Å². The summed E-state index contributed by atoms with van der Waals surface area (Å²) in [4.78, 5) is 26.2. The van der Waals surface area contributed by atoms with Crippen LogP contribution in [0.15, 0.2) is 4.99 Å². The van der Waals surface area contributed by atoms with E-state index in [2.05, 4.69) is 10.3 Å². The van der Waals surface area contributed by atoms with E-state index in [0.29, 0.717) is 31.6 Å². The predicted octanol–water partition coefficient (Wildman–Crippen LogP) is 0.314. The summed E-state index contributed by atoms with van der Waals surface area (Å²) in [5.41, 5.74) is 7.26. The molecule has 0 radical (unpaired) electrons. The molecule has 0 saturated heterocycles. The lowest BCUT2D eigenvalue weighted by molar-refractivity contribution is -0.142. The van der Waals surface area contributed by atoms with Gasteiger partial charge in [-0.05, 0) is 33.1 Å². The van der Waals surface area contributed by atoms with Crippen LogP contribution in [0.25, 0.3) is 0 Å². The Balaban J connectivity index is -0.00000162. The molecule has 0 saturated carbocycles. The number of hydrogen-bond acceptors (Lipinski definition) is 5. The van der Waals surface area contributed by atoms with Crippen molar-refractivity contribution >= 4 is 42.5 Å². The SMILES string of the molecule is CC(=NCCCC[C@H](NC(=O)[C@H](C)N)C(=O)O)NO.Cl.Cl. The Kier molecular flexibility index (Phi) is 16.4. The summed E-state index contributed by atoms with van der Waals surface area (Å²) in [6.07, 6.45) is 1.57. The fourth-order valence-corrected chi connectivity index (χ4v) is 1.30. The molecule has 0 spiro atoms. The highest BCUT2D eigenvalue weighted by molar-refractivity contribution is 5.86. The number of unbranched alkanes of at least 4 members (excludes halogenated alkanes) is 1. The molecule has 6 N–H and O–H groups in total. The smallest absolute Gasteiger partial charge is 0.326 e. The maximum atomic E-state index is 11.3. The molecular weight excluding hydrogens is 323 g/mol. The second-order valence-electron chi connectivity index (χ2n) is 4.26. The first-order valence-corrected chi connectivity index (χ1v) is 6.08. The maximum absolute atomic E-state index is 11.3. The third-order valence-electron chi connectivity index (χ3n) is 2.44. The molecule has 0 rings (SSSR count). The van der Waals surface area contributed by atoms with Crippen molar-refractivity contribution in [3.05, 3.63) is 0 Å². The molecule has 0 aromatic heterocycles. The van der Waals surface area contributed by atoms with Gasteiger partial charge in [0.25, 0.3) is 0 Å². The van der Waals surface area contributed by atoms with Crippen LogP contribution in [0.2, 0.25) is 0 Å². The molecule has 1 amide bonds. The molecular formula is C11H24Cl2N4O4. The number of carboxylic acid groups (broad SMARTS) is 1. The van der Waals surface area contributed by atoms with Crippen LogP contribution in [0.3, 0.4) is 0 Å². The van der Waals surface area contributed by atoms with Crippen molar-refractivity contribution in [1.82, 2.24) is 10.8 Å². The zero-order chi connectivity index (χ0) is 14.8. The molecule has 10 heteroatoms. The number of nitrogens with two attached hydrogens (primary N) is 1. The first-order chi connectivity index (χ1) is 8.88. The van der Waals surface area contributed by atoms with E-state index in [1.165, 1.54) is 6.92 Å². The monoisotopic (exact) mass is 346 g/mol. The van der Waals surface area contributed by atoms with Crippen molar-refractivity contribution < 1.29 is 19.9 Å². The van der Waals surface area contributed by atoms with E-state index in [4.69, 9.17) is 16.0 Å². The minimum Gasteiger partial charge on any atom is -0.480 e. The Labute approximate surface area is 136 Å². The molecule has 0 aliphatic carbocycles. The van der Waals surface area contributed by atoms with E-state index in [1.54, 1.807) is 6.92 Å². The van der Waals surface area contributed by atoms with Gasteiger partial charge in [0.2, 0.25) is 5.91 Å². The second-order valence-corrected chi connectivity index (χ2v) is 4.26. The van der Waals surface area contributed by atoms with Gasteiger partial charge in [-0.2, -0.15) is 0 Å². The van der Waals surface area contributed by atoms with Crippen LogP contribution < -0.4 is 16.5 Å². The Morgan fingerprint density at radius 2 is 1.86 bits per heavy atom. The second kappa shape index (κ2) is 13.9. The first-order valence-electron chi connectivity index (χ1n) is 6.08. The summed E-state index contributed by atoms with van der Waals surface area (Å²) in [5, 5.41) is 19.8. The van der Waals surface area contributed by atoms with Crippen LogP contribution in [0.1, 0.15) is 33.1 Å². The molecule has 0 aromatic carbocycles. The van der Waals surface area contributed by atoms with Gasteiger partial charge >= 0.3 is 5.97 Å². The van der Waals surface area contributed by atoms with E-state index in [1.807, 2.05) is 5.48 Å². The molecule has 0 aliphatic heterocycles. The van der Waals surface area contributed by atoms with Gasteiger partial charge in [-0.1, -0.05) is 0 Å². The zero-order valence-corrected chi connectivity index (χ0v) is 13.7. The number of rotatable bonds is 8. The summed E-state index contributed by atoms with van der Waals surface area (Å²) < 4.78 is 0. The number of amidine groups is 1. The van der Waals surface area contributed by atoms with Crippen molar-refractivity contribution in [2.45, 2.75) is 45.2 Å². The van der Waals surface area contributed by atoms with Gasteiger partial charge in [0.1, 0.15) is 11.9 Å². The molecule has 0 aromatic rings. The number of carbonyl (C=O) groups excluding carboxylic acids is 1. The first kappa shape index (κ1) is 24.9. The highest BCUT2D eigenvalue weighted by atomic mass is 35.5. The lowest BCUT2D eigenvalue weighted by atomic mass is 10.1. The number of nitrogens with one attached hydrogen (secondary N) is 2. The fourth-order valence-electron chi connectivity index (χ4n) is 1.30. The van der Waals surface area contributed by atoms with Gasteiger partial charge in [-0.25, -0.2) is 4.79 Å². The molecule has 0 fully saturated rings. The van der Waals surface area contributed by atoms with Gasteiger partial charge < -0.3 is 16.2 Å².